The van der Waals surface area contributed by atoms with Gasteiger partial charge in [-0.05, 0) is 54.9 Å². The topological polar surface area (TPSA) is 55.6 Å². The largest absolute Gasteiger partial charge is 0.307 e. The van der Waals surface area contributed by atoms with Gasteiger partial charge in [-0.2, -0.15) is 4.68 Å². The minimum Gasteiger partial charge on any atom is -0.307 e. The predicted molar refractivity (Wildman–Crippen MR) is 70.6 cm³/mol. The van der Waals surface area contributed by atoms with Crippen LogP contribution in [0.1, 0.15) is 37.7 Å². The summed E-state index contributed by atoms with van der Waals surface area (Å²) >= 11 is 0. The van der Waals surface area contributed by atoms with Gasteiger partial charge in [0.25, 0.3) is 0 Å². The van der Waals surface area contributed by atoms with E-state index in [1.54, 1.807) is 12.1 Å². The second kappa shape index (κ2) is 5.88. The fourth-order valence-electron chi connectivity index (χ4n) is 1.87. The molecule has 1 aromatic carbocycles. The molecular weight excluding hydrogens is 245 g/mol. The van der Waals surface area contributed by atoms with E-state index in [2.05, 4.69) is 27.8 Å². The first-order valence-electron chi connectivity index (χ1n) is 6.41. The van der Waals surface area contributed by atoms with Gasteiger partial charge in [0.15, 0.2) is 5.82 Å². The van der Waals surface area contributed by atoms with Crippen molar-refractivity contribution in [1.82, 2.24) is 25.5 Å². The first-order chi connectivity index (χ1) is 9.13. The molecular formula is C13H18FN5. The Bertz CT molecular complexity index is 552. The number of nitrogens with one attached hydrogen (secondary N) is 1. The van der Waals surface area contributed by atoms with Crippen LogP contribution >= 0.6 is 0 Å². The van der Waals surface area contributed by atoms with Crippen molar-refractivity contribution in [3.8, 4) is 5.69 Å². The van der Waals surface area contributed by atoms with E-state index in [9.17, 15) is 4.39 Å². The standard InChI is InChI=1S/C13H18FN5/c1-4-7-15-10(3)13-16-17-18-19(13)12-8-9(2)5-6-11(12)14/h5-6,8,10,15H,4,7H2,1-3H3. The van der Waals surface area contributed by atoms with Crippen molar-refractivity contribution in [2.24, 2.45) is 0 Å². The summed E-state index contributed by atoms with van der Waals surface area (Å²) in [6.07, 6.45) is 1.02. The van der Waals surface area contributed by atoms with Gasteiger partial charge in [0.05, 0.1) is 6.04 Å². The molecule has 1 unspecified atom stereocenters. The average molecular weight is 263 g/mol. The van der Waals surface area contributed by atoms with Gasteiger partial charge in [-0.25, -0.2) is 4.39 Å². The van der Waals surface area contributed by atoms with Crippen LogP contribution in [0.15, 0.2) is 18.2 Å². The molecule has 0 aliphatic carbocycles. The zero-order chi connectivity index (χ0) is 13.8. The summed E-state index contributed by atoms with van der Waals surface area (Å²) in [4.78, 5) is 0. The molecule has 1 N–H and O–H groups in total. The zero-order valence-corrected chi connectivity index (χ0v) is 11.4. The molecule has 0 aliphatic rings. The first-order valence-corrected chi connectivity index (χ1v) is 6.41. The Balaban J connectivity index is 2.35. The Kier molecular flexibility index (Phi) is 4.21. The highest BCUT2D eigenvalue weighted by Gasteiger charge is 2.17. The molecule has 0 saturated carbocycles. The number of benzene rings is 1. The van der Waals surface area contributed by atoms with E-state index in [4.69, 9.17) is 0 Å². The van der Waals surface area contributed by atoms with Crippen LogP contribution in [0.5, 0.6) is 0 Å². The Morgan fingerprint density at radius 2 is 2.21 bits per heavy atom. The van der Waals surface area contributed by atoms with Crippen LogP contribution in [0, 0.1) is 12.7 Å². The van der Waals surface area contributed by atoms with Gasteiger partial charge in [0.1, 0.15) is 11.5 Å². The van der Waals surface area contributed by atoms with Crippen molar-refractivity contribution >= 4 is 0 Å². The molecule has 0 bridgehead atoms. The number of aromatic nitrogens is 4. The number of aryl methyl sites for hydroxylation is 1. The smallest absolute Gasteiger partial charge is 0.173 e. The van der Waals surface area contributed by atoms with Gasteiger partial charge in [-0.3, -0.25) is 0 Å². The van der Waals surface area contributed by atoms with Gasteiger partial charge in [0, 0.05) is 0 Å². The van der Waals surface area contributed by atoms with Crippen molar-refractivity contribution in [1.29, 1.82) is 0 Å². The molecule has 0 amide bonds. The van der Waals surface area contributed by atoms with E-state index < -0.39 is 0 Å². The summed E-state index contributed by atoms with van der Waals surface area (Å²) in [6.45, 7) is 6.82. The molecule has 0 radical (unpaired) electrons. The maximum Gasteiger partial charge on any atom is 0.173 e. The second-order valence-corrected chi connectivity index (χ2v) is 4.58. The summed E-state index contributed by atoms with van der Waals surface area (Å²) in [7, 11) is 0. The lowest BCUT2D eigenvalue weighted by molar-refractivity contribution is 0.524. The number of hydrogen-bond acceptors (Lipinski definition) is 4. The number of hydrogen-bond donors (Lipinski definition) is 1. The summed E-state index contributed by atoms with van der Waals surface area (Å²) in [5.41, 5.74) is 1.34. The van der Waals surface area contributed by atoms with Crippen molar-refractivity contribution in [2.75, 3.05) is 6.54 Å². The molecule has 1 aromatic heterocycles. The normalized spacial score (nSPS) is 12.6. The monoisotopic (exact) mass is 263 g/mol. The lowest BCUT2D eigenvalue weighted by Gasteiger charge is -2.13. The van der Waals surface area contributed by atoms with Crippen LogP contribution in [-0.2, 0) is 0 Å². The molecule has 5 nitrogen and oxygen atoms in total. The maximum absolute atomic E-state index is 13.9. The quantitative estimate of drug-likeness (QED) is 0.898. The van der Waals surface area contributed by atoms with E-state index in [-0.39, 0.29) is 11.9 Å². The van der Waals surface area contributed by atoms with Crippen molar-refractivity contribution in [2.45, 2.75) is 33.2 Å². The minimum atomic E-state index is -0.332. The molecule has 6 heteroatoms. The number of tetrazole rings is 1. The van der Waals surface area contributed by atoms with E-state index in [0.717, 1.165) is 18.5 Å². The fraction of sp³-hybridized carbons (Fsp3) is 0.462. The van der Waals surface area contributed by atoms with Crippen LogP contribution in [0.25, 0.3) is 5.69 Å². The molecule has 19 heavy (non-hydrogen) atoms. The van der Waals surface area contributed by atoms with Crippen LogP contribution in [-0.4, -0.2) is 26.8 Å². The number of nitrogens with zero attached hydrogens (tertiary/aromatic N) is 4. The Labute approximate surface area is 111 Å². The molecule has 1 atom stereocenters. The molecule has 0 saturated heterocycles. The molecule has 0 fully saturated rings. The summed E-state index contributed by atoms with van der Waals surface area (Å²) in [5.74, 6) is 0.278. The third-order valence-electron chi connectivity index (χ3n) is 2.91. The van der Waals surface area contributed by atoms with Gasteiger partial charge < -0.3 is 5.32 Å². The number of rotatable bonds is 5. The lowest BCUT2D eigenvalue weighted by Crippen LogP contribution is -2.23. The highest BCUT2D eigenvalue weighted by molar-refractivity contribution is 5.36. The van der Waals surface area contributed by atoms with E-state index >= 15 is 0 Å². The Hall–Kier alpha value is -1.82. The fourth-order valence-corrected chi connectivity index (χ4v) is 1.87. The third kappa shape index (κ3) is 2.96. The van der Waals surface area contributed by atoms with E-state index in [1.165, 1.54) is 10.7 Å². The van der Waals surface area contributed by atoms with Gasteiger partial charge >= 0.3 is 0 Å². The molecule has 0 spiro atoms. The molecule has 2 aromatic rings. The van der Waals surface area contributed by atoms with Gasteiger partial charge in [-0.1, -0.05) is 13.0 Å². The SMILES string of the molecule is CCCNC(C)c1nnnn1-c1cc(C)ccc1F. The Morgan fingerprint density at radius 1 is 1.42 bits per heavy atom. The van der Waals surface area contributed by atoms with Crippen LogP contribution in [0.3, 0.4) is 0 Å². The average Bonchev–Trinajstić information content (AvgIpc) is 2.88. The first kappa shape index (κ1) is 13.6. The van der Waals surface area contributed by atoms with Crippen LogP contribution < -0.4 is 5.32 Å². The van der Waals surface area contributed by atoms with Crippen molar-refractivity contribution < 1.29 is 4.39 Å². The predicted octanol–water partition coefficient (Wildman–Crippen LogP) is 2.17. The molecule has 1 heterocycles. The summed E-state index contributed by atoms with van der Waals surface area (Å²) in [5, 5.41) is 14.8. The van der Waals surface area contributed by atoms with Gasteiger partial charge in [-0.15, -0.1) is 5.10 Å². The Morgan fingerprint density at radius 3 is 2.95 bits per heavy atom. The van der Waals surface area contributed by atoms with Crippen LogP contribution in [0.2, 0.25) is 0 Å². The van der Waals surface area contributed by atoms with E-state index in [1.807, 2.05) is 13.8 Å². The van der Waals surface area contributed by atoms with Crippen molar-refractivity contribution in [3.63, 3.8) is 0 Å². The second-order valence-electron chi connectivity index (χ2n) is 4.58. The van der Waals surface area contributed by atoms with Crippen LogP contribution in [0.4, 0.5) is 4.39 Å². The summed E-state index contributed by atoms with van der Waals surface area (Å²) in [6, 6.07) is 4.86. The molecule has 2 rings (SSSR count). The summed E-state index contributed by atoms with van der Waals surface area (Å²) < 4.78 is 15.3. The van der Waals surface area contributed by atoms with Crippen molar-refractivity contribution in [3.05, 3.63) is 35.4 Å². The number of halogens is 1. The maximum atomic E-state index is 13.9. The molecule has 0 aliphatic heterocycles. The third-order valence-corrected chi connectivity index (χ3v) is 2.91. The minimum absolute atomic E-state index is 0.0325. The van der Waals surface area contributed by atoms with Gasteiger partial charge in [0.2, 0.25) is 0 Å². The molecule has 102 valence electrons. The lowest BCUT2D eigenvalue weighted by atomic mass is 10.2. The van der Waals surface area contributed by atoms with E-state index in [0.29, 0.717) is 11.5 Å². The highest BCUT2D eigenvalue weighted by atomic mass is 19.1. The highest BCUT2D eigenvalue weighted by Crippen LogP contribution is 2.18. The zero-order valence-electron chi connectivity index (χ0n) is 11.4.